The lowest BCUT2D eigenvalue weighted by Gasteiger charge is -2.20. The van der Waals surface area contributed by atoms with Gasteiger partial charge in [0.2, 0.25) is 0 Å². The van der Waals surface area contributed by atoms with Gasteiger partial charge >= 0.3 is 0 Å². The number of aromatic nitrogens is 1. The van der Waals surface area contributed by atoms with E-state index in [0.717, 1.165) is 51.7 Å². The lowest BCUT2D eigenvalue weighted by molar-refractivity contribution is 0.0788. The Kier molecular flexibility index (Phi) is 4.09. The Morgan fingerprint density at radius 3 is 2.83 bits per heavy atom. The Balaban J connectivity index is 1.84. The van der Waals surface area contributed by atoms with Crippen molar-refractivity contribution in [2.45, 2.75) is 32.1 Å². The number of halogens is 1. The minimum Gasteiger partial charge on any atom is -0.338 e. The monoisotopic (exact) mass is 387 g/mol. The van der Waals surface area contributed by atoms with E-state index in [0.29, 0.717) is 18.4 Å². The van der Waals surface area contributed by atoms with E-state index in [-0.39, 0.29) is 5.91 Å². The van der Waals surface area contributed by atoms with E-state index in [9.17, 15) is 4.79 Å². The number of pyridine rings is 1. The first kappa shape index (κ1) is 16.0. The smallest absolute Gasteiger partial charge is 0.254 e. The number of rotatable bonds is 3. The SMILES string of the molecule is Cc1c(C2CC2)nc2ccc(Br)cc2c1C(=O)N1CC[C@H](CN)C1. The predicted molar refractivity (Wildman–Crippen MR) is 99.2 cm³/mol. The third-order valence-corrected chi connectivity index (χ3v) is 5.81. The molecule has 0 radical (unpaired) electrons. The molecule has 1 aromatic heterocycles. The maximum atomic E-state index is 13.3. The fourth-order valence-electron chi connectivity index (χ4n) is 3.75. The first-order valence-electron chi connectivity index (χ1n) is 8.67. The van der Waals surface area contributed by atoms with Crippen LogP contribution in [-0.2, 0) is 0 Å². The average Bonchev–Trinajstić information content (AvgIpc) is 3.30. The van der Waals surface area contributed by atoms with Crippen molar-refractivity contribution in [3.8, 4) is 0 Å². The van der Waals surface area contributed by atoms with Gasteiger partial charge in [-0.15, -0.1) is 0 Å². The van der Waals surface area contributed by atoms with Crippen LogP contribution in [0.15, 0.2) is 22.7 Å². The molecule has 2 fully saturated rings. The van der Waals surface area contributed by atoms with E-state index < -0.39 is 0 Å². The molecule has 2 heterocycles. The van der Waals surface area contributed by atoms with Gasteiger partial charge in [0.15, 0.2) is 0 Å². The van der Waals surface area contributed by atoms with Gasteiger partial charge < -0.3 is 10.6 Å². The summed E-state index contributed by atoms with van der Waals surface area (Å²) in [6.07, 6.45) is 3.37. The normalized spacial score (nSPS) is 20.8. The van der Waals surface area contributed by atoms with Crippen LogP contribution < -0.4 is 5.73 Å². The maximum absolute atomic E-state index is 13.3. The lowest BCUT2D eigenvalue weighted by atomic mass is 9.98. The highest BCUT2D eigenvalue weighted by Gasteiger charge is 2.32. The van der Waals surface area contributed by atoms with Gasteiger partial charge in [0.05, 0.1) is 11.1 Å². The summed E-state index contributed by atoms with van der Waals surface area (Å²) in [5, 5.41) is 0.951. The number of amides is 1. The van der Waals surface area contributed by atoms with Gasteiger partial charge in [-0.3, -0.25) is 9.78 Å². The summed E-state index contributed by atoms with van der Waals surface area (Å²) in [6.45, 7) is 4.28. The molecule has 4 rings (SSSR count). The first-order chi connectivity index (χ1) is 11.6. The molecular formula is C19H22BrN3O. The molecule has 1 atom stereocenters. The molecule has 0 unspecified atom stereocenters. The van der Waals surface area contributed by atoms with Gasteiger partial charge in [-0.05, 0) is 62.4 Å². The fraction of sp³-hybridized carbons (Fsp3) is 0.474. The summed E-state index contributed by atoms with van der Waals surface area (Å²) >= 11 is 3.54. The van der Waals surface area contributed by atoms with Crippen molar-refractivity contribution >= 4 is 32.7 Å². The highest BCUT2D eigenvalue weighted by atomic mass is 79.9. The van der Waals surface area contributed by atoms with E-state index in [1.807, 2.05) is 23.1 Å². The quantitative estimate of drug-likeness (QED) is 0.874. The van der Waals surface area contributed by atoms with Crippen molar-refractivity contribution in [2.24, 2.45) is 11.7 Å². The largest absolute Gasteiger partial charge is 0.338 e. The fourth-order valence-corrected chi connectivity index (χ4v) is 4.11. The summed E-state index contributed by atoms with van der Waals surface area (Å²) in [5.41, 5.74) is 9.72. The standard InChI is InChI=1S/C19H22BrN3O/c1-11-17(19(24)23-7-6-12(9-21)10-23)15-8-14(20)4-5-16(15)22-18(11)13-2-3-13/h4-5,8,12-13H,2-3,6-7,9-10,21H2,1H3/t12-/m1/s1. The molecule has 1 aliphatic carbocycles. The van der Waals surface area contributed by atoms with Gasteiger partial charge in [-0.25, -0.2) is 0 Å². The van der Waals surface area contributed by atoms with Crippen molar-refractivity contribution in [1.82, 2.24) is 9.88 Å². The zero-order valence-electron chi connectivity index (χ0n) is 13.9. The third-order valence-electron chi connectivity index (χ3n) is 5.31. The van der Waals surface area contributed by atoms with Gasteiger partial charge in [0.25, 0.3) is 5.91 Å². The molecular weight excluding hydrogens is 366 g/mol. The molecule has 0 spiro atoms. The second-order valence-electron chi connectivity index (χ2n) is 7.07. The van der Waals surface area contributed by atoms with Crippen molar-refractivity contribution in [3.63, 3.8) is 0 Å². The van der Waals surface area contributed by atoms with E-state index in [1.165, 1.54) is 12.8 Å². The number of fused-ring (bicyclic) bond motifs is 1. The van der Waals surface area contributed by atoms with Crippen molar-refractivity contribution in [3.05, 3.63) is 39.5 Å². The van der Waals surface area contributed by atoms with Gasteiger partial charge in [0.1, 0.15) is 0 Å². The van der Waals surface area contributed by atoms with Crippen LogP contribution >= 0.6 is 15.9 Å². The topological polar surface area (TPSA) is 59.2 Å². The minimum atomic E-state index is 0.135. The van der Waals surface area contributed by atoms with E-state index in [1.54, 1.807) is 0 Å². The molecule has 2 aliphatic rings. The number of nitrogens with two attached hydrogens (primary N) is 1. The molecule has 1 aromatic carbocycles. The van der Waals surface area contributed by atoms with Crippen molar-refractivity contribution in [1.29, 1.82) is 0 Å². The van der Waals surface area contributed by atoms with Crippen LogP contribution in [-0.4, -0.2) is 35.4 Å². The highest BCUT2D eigenvalue weighted by molar-refractivity contribution is 9.10. The molecule has 4 nitrogen and oxygen atoms in total. The van der Waals surface area contributed by atoms with Crippen molar-refractivity contribution in [2.75, 3.05) is 19.6 Å². The number of likely N-dealkylation sites (tertiary alicyclic amines) is 1. The average molecular weight is 388 g/mol. The van der Waals surface area contributed by atoms with E-state index >= 15 is 0 Å². The van der Waals surface area contributed by atoms with Crippen LogP contribution in [0, 0.1) is 12.8 Å². The van der Waals surface area contributed by atoms with Gasteiger partial charge in [-0.1, -0.05) is 15.9 Å². The summed E-state index contributed by atoms with van der Waals surface area (Å²) in [6, 6.07) is 6.03. The van der Waals surface area contributed by atoms with Gasteiger partial charge in [0, 0.05) is 34.6 Å². The number of carbonyl (C=O) groups excluding carboxylic acids is 1. The lowest BCUT2D eigenvalue weighted by Crippen LogP contribution is -2.31. The van der Waals surface area contributed by atoms with Crippen LogP contribution in [0.1, 0.15) is 46.8 Å². The number of nitrogens with zero attached hydrogens (tertiary/aromatic N) is 2. The Morgan fingerprint density at radius 1 is 1.38 bits per heavy atom. The molecule has 5 heteroatoms. The second-order valence-corrected chi connectivity index (χ2v) is 7.99. The van der Waals surface area contributed by atoms with Crippen LogP contribution in [0.25, 0.3) is 10.9 Å². The highest BCUT2D eigenvalue weighted by Crippen LogP contribution is 2.42. The molecule has 126 valence electrons. The molecule has 1 amide bonds. The van der Waals surface area contributed by atoms with Crippen LogP contribution in [0.4, 0.5) is 0 Å². The Bertz CT molecular complexity index is 816. The summed E-state index contributed by atoms with van der Waals surface area (Å²) < 4.78 is 0.977. The first-order valence-corrected chi connectivity index (χ1v) is 9.47. The van der Waals surface area contributed by atoms with Crippen LogP contribution in [0.3, 0.4) is 0 Å². The van der Waals surface area contributed by atoms with E-state index in [4.69, 9.17) is 10.7 Å². The molecule has 1 aliphatic heterocycles. The van der Waals surface area contributed by atoms with E-state index in [2.05, 4.69) is 22.9 Å². The molecule has 2 N–H and O–H groups in total. The number of hydrogen-bond donors (Lipinski definition) is 1. The minimum absolute atomic E-state index is 0.135. The number of carbonyl (C=O) groups is 1. The molecule has 24 heavy (non-hydrogen) atoms. The van der Waals surface area contributed by atoms with Crippen LogP contribution in [0.2, 0.25) is 0 Å². The number of benzene rings is 1. The predicted octanol–water partition coefficient (Wildman–Crippen LogP) is 3.60. The summed E-state index contributed by atoms with van der Waals surface area (Å²) in [4.78, 5) is 20.1. The molecule has 1 saturated carbocycles. The Hall–Kier alpha value is -1.46. The molecule has 0 bridgehead atoms. The number of hydrogen-bond acceptors (Lipinski definition) is 3. The maximum Gasteiger partial charge on any atom is 0.254 e. The van der Waals surface area contributed by atoms with Gasteiger partial charge in [-0.2, -0.15) is 0 Å². The van der Waals surface area contributed by atoms with Crippen LogP contribution in [0.5, 0.6) is 0 Å². The zero-order valence-corrected chi connectivity index (χ0v) is 15.5. The Morgan fingerprint density at radius 2 is 2.17 bits per heavy atom. The zero-order chi connectivity index (χ0) is 16.8. The summed E-state index contributed by atoms with van der Waals surface area (Å²) in [5.74, 6) is 1.09. The Labute approximate surface area is 150 Å². The summed E-state index contributed by atoms with van der Waals surface area (Å²) in [7, 11) is 0. The third kappa shape index (κ3) is 2.74. The molecule has 1 saturated heterocycles. The van der Waals surface area contributed by atoms with Crippen molar-refractivity contribution < 1.29 is 4.79 Å². The molecule has 2 aromatic rings. The second kappa shape index (κ2) is 6.12.